The Morgan fingerprint density at radius 1 is 1.32 bits per heavy atom. The highest BCUT2D eigenvalue weighted by molar-refractivity contribution is 6.76. The molecule has 0 amide bonds. The van der Waals surface area contributed by atoms with E-state index in [0.29, 0.717) is 17.9 Å². The van der Waals surface area contributed by atoms with Crippen LogP contribution in [-0.2, 0) is 11.5 Å². The Labute approximate surface area is 131 Å². The van der Waals surface area contributed by atoms with Crippen LogP contribution >= 0.6 is 0 Å². The second-order valence-electron chi connectivity index (χ2n) is 6.85. The second-order valence-corrected chi connectivity index (χ2v) is 12.5. The number of nitrogens with zero attached hydrogens (tertiary/aromatic N) is 2. The number of hydrogen-bond acceptors (Lipinski definition) is 3. The average molecular weight is 320 g/mol. The Morgan fingerprint density at radius 3 is 2.59 bits per heavy atom. The molecular formula is C16H24N2O3Si. The first kappa shape index (κ1) is 16.7. The van der Waals surface area contributed by atoms with Crippen molar-refractivity contribution >= 4 is 25.1 Å². The van der Waals surface area contributed by atoms with Gasteiger partial charge in [-0.05, 0) is 37.6 Å². The first-order valence-corrected chi connectivity index (χ1v) is 11.2. The van der Waals surface area contributed by atoms with Gasteiger partial charge in [0.2, 0.25) is 0 Å². The molecule has 0 spiro atoms. The van der Waals surface area contributed by atoms with Crippen LogP contribution in [-0.4, -0.2) is 35.3 Å². The highest BCUT2D eigenvalue weighted by Crippen LogP contribution is 2.23. The third-order valence-electron chi connectivity index (χ3n) is 3.81. The highest BCUT2D eigenvalue weighted by Gasteiger charge is 2.16. The fourth-order valence-corrected chi connectivity index (χ4v) is 3.13. The fourth-order valence-electron chi connectivity index (χ4n) is 2.37. The van der Waals surface area contributed by atoms with Crippen molar-refractivity contribution in [3.63, 3.8) is 0 Å². The minimum atomic E-state index is -1.09. The van der Waals surface area contributed by atoms with Gasteiger partial charge >= 0.3 is 5.97 Å². The van der Waals surface area contributed by atoms with Crippen LogP contribution < -0.4 is 0 Å². The molecule has 1 heterocycles. The van der Waals surface area contributed by atoms with Crippen LogP contribution in [0.25, 0.3) is 11.0 Å². The van der Waals surface area contributed by atoms with E-state index in [1.807, 2.05) is 17.6 Å². The Kier molecular flexibility index (Phi) is 4.72. The van der Waals surface area contributed by atoms with E-state index in [1.165, 1.54) is 0 Å². The lowest BCUT2D eigenvalue weighted by Crippen LogP contribution is -2.22. The third kappa shape index (κ3) is 3.56. The van der Waals surface area contributed by atoms with E-state index in [-0.39, 0.29) is 0 Å². The number of carbonyl (C=O) groups is 1. The summed E-state index contributed by atoms with van der Waals surface area (Å²) in [7, 11) is -1.09. The molecule has 0 saturated heterocycles. The van der Waals surface area contributed by atoms with Crippen molar-refractivity contribution < 1.29 is 14.6 Å². The Balaban J connectivity index is 2.22. The van der Waals surface area contributed by atoms with Crippen molar-refractivity contribution in [3.05, 3.63) is 29.1 Å². The number of hydrogen-bond donors (Lipinski definition) is 1. The number of fused-ring (bicyclic) bond motifs is 1. The van der Waals surface area contributed by atoms with Crippen molar-refractivity contribution in [1.29, 1.82) is 0 Å². The number of carboxylic acids is 1. The van der Waals surface area contributed by atoms with E-state index in [4.69, 9.17) is 4.74 Å². The van der Waals surface area contributed by atoms with Gasteiger partial charge in [0.15, 0.2) is 0 Å². The molecule has 0 aliphatic heterocycles. The normalized spacial score (nSPS) is 12.0. The van der Waals surface area contributed by atoms with Crippen LogP contribution in [0, 0.1) is 13.8 Å². The molecule has 2 rings (SSSR count). The van der Waals surface area contributed by atoms with Crippen molar-refractivity contribution in [1.82, 2.24) is 9.55 Å². The maximum Gasteiger partial charge on any atom is 0.336 e. The number of benzene rings is 1. The van der Waals surface area contributed by atoms with Crippen molar-refractivity contribution in [3.8, 4) is 0 Å². The molecule has 0 radical (unpaired) electrons. The Hall–Kier alpha value is -1.66. The summed E-state index contributed by atoms with van der Waals surface area (Å²) < 4.78 is 7.80. The number of carboxylic acid groups (broad SMARTS) is 1. The molecule has 6 heteroatoms. The van der Waals surface area contributed by atoms with Crippen LogP contribution in [0.1, 0.15) is 21.7 Å². The van der Waals surface area contributed by atoms with Gasteiger partial charge in [-0.25, -0.2) is 9.78 Å². The number of aryl methyl sites for hydroxylation is 2. The SMILES string of the molecule is Cc1c(C(=O)O)ccc2c1nc(C)n2COCC[Si](C)(C)C. The summed E-state index contributed by atoms with van der Waals surface area (Å²) in [6.45, 7) is 11.9. The smallest absolute Gasteiger partial charge is 0.336 e. The zero-order valence-electron chi connectivity index (χ0n) is 13.9. The molecule has 5 nitrogen and oxygen atoms in total. The zero-order valence-corrected chi connectivity index (χ0v) is 14.9. The molecule has 1 N–H and O–H groups in total. The molecule has 0 fully saturated rings. The summed E-state index contributed by atoms with van der Waals surface area (Å²) in [6.07, 6.45) is 0. The molecule has 1 aromatic carbocycles. The van der Waals surface area contributed by atoms with Gasteiger partial charge < -0.3 is 14.4 Å². The number of aromatic carboxylic acids is 1. The van der Waals surface area contributed by atoms with Crippen molar-refractivity contribution in [2.75, 3.05) is 6.61 Å². The van der Waals surface area contributed by atoms with Gasteiger partial charge in [0.1, 0.15) is 12.6 Å². The minimum absolute atomic E-state index is 0.303. The molecule has 0 saturated carbocycles. The average Bonchev–Trinajstić information content (AvgIpc) is 2.71. The zero-order chi connectivity index (χ0) is 16.5. The van der Waals surface area contributed by atoms with E-state index in [2.05, 4.69) is 24.6 Å². The minimum Gasteiger partial charge on any atom is -0.478 e. The molecule has 1 aromatic heterocycles. The van der Waals surface area contributed by atoms with Gasteiger partial charge in [-0.1, -0.05) is 19.6 Å². The van der Waals surface area contributed by atoms with Crippen LogP contribution in [0.3, 0.4) is 0 Å². The van der Waals surface area contributed by atoms with Crippen molar-refractivity contribution in [2.24, 2.45) is 0 Å². The van der Waals surface area contributed by atoms with Crippen LogP contribution in [0.4, 0.5) is 0 Å². The predicted octanol–water partition coefficient (Wildman–Crippen LogP) is 3.66. The van der Waals surface area contributed by atoms with Crippen molar-refractivity contribution in [2.45, 2.75) is 46.3 Å². The van der Waals surface area contributed by atoms with E-state index in [9.17, 15) is 9.90 Å². The van der Waals surface area contributed by atoms with E-state index in [0.717, 1.165) is 29.5 Å². The first-order valence-electron chi connectivity index (χ1n) is 7.48. The maximum absolute atomic E-state index is 11.2. The highest BCUT2D eigenvalue weighted by atomic mass is 28.3. The summed E-state index contributed by atoms with van der Waals surface area (Å²) >= 11 is 0. The lowest BCUT2D eigenvalue weighted by Gasteiger charge is -2.16. The van der Waals surface area contributed by atoms with Crippen LogP contribution in [0.5, 0.6) is 0 Å². The van der Waals surface area contributed by atoms with Gasteiger partial charge in [0, 0.05) is 14.7 Å². The number of rotatable bonds is 6. The van der Waals surface area contributed by atoms with E-state index >= 15 is 0 Å². The van der Waals surface area contributed by atoms with Gasteiger partial charge in [0.25, 0.3) is 0 Å². The van der Waals surface area contributed by atoms with Gasteiger partial charge in [0.05, 0.1) is 16.6 Å². The maximum atomic E-state index is 11.2. The summed E-state index contributed by atoms with van der Waals surface area (Å²) in [6, 6.07) is 4.58. The molecule has 0 bridgehead atoms. The topological polar surface area (TPSA) is 64.3 Å². The molecule has 0 aliphatic carbocycles. The fraction of sp³-hybridized carbons (Fsp3) is 0.500. The summed E-state index contributed by atoms with van der Waals surface area (Å²) in [4.78, 5) is 15.7. The number of imidazole rings is 1. The molecule has 120 valence electrons. The Morgan fingerprint density at radius 2 is 2.00 bits per heavy atom. The molecule has 2 aromatic rings. The standard InChI is InChI=1S/C16H24N2O3Si/c1-11-13(16(19)20)6-7-14-15(11)17-12(2)18(14)10-21-8-9-22(3,4)5/h6-7H,8-10H2,1-5H3,(H,19,20). The summed E-state index contributed by atoms with van der Waals surface area (Å²) in [5, 5.41) is 9.20. The molecular weight excluding hydrogens is 296 g/mol. The second kappa shape index (κ2) is 6.22. The van der Waals surface area contributed by atoms with Crippen LogP contribution in [0.15, 0.2) is 12.1 Å². The quantitative estimate of drug-likeness (QED) is 0.651. The molecule has 22 heavy (non-hydrogen) atoms. The summed E-state index contributed by atoms with van der Waals surface area (Å²) in [5.74, 6) is -0.0772. The van der Waals surface area contributed by atoms with Gasteiger partial charge in [-0.15, -0.1) is 0 Å². The lowest BCUT2D eigenvalue weighted by molar-refractivity contribution is 0.0696. The van der Waals surface area contributed by atoms with E-state index < -0.39 is 14.0 Å². The van der Waals surface area contributed by atoms with Crippen LogP contribution in [0.2, 0.25) is 25.7 Å². The monoisotopic (exact) mass is 320 g/mol. The lowest BCUT2D eigenvalue weighted by atomic mass is 10.1. The molecule has 0 unspecified atom stereocenters. The van der Waals surface area contributed by atoms with Gasteiger partial charge in [-0.2, -0.15) is 0 Å². The molecule has 0 atom stereocenters. The predicted molar refractivity (Wildman–Crippen MR) is 90.3 cm³/mol. The summed E-state index contributed by atoms with van der Waals surface area (Å²) in [5.41, 5.74) is 2.67. The Bertz CT molecular complexity index is 701. The largest absolute Gasteiger partial charge is 0.478 e. The van der Waals surface area contributed by atoms with Gasteiger partial charge in [-0.3, -0.25) is 0 Å². The van der Waals surface area contributed by atoms with E-state index in [1.54, 1.807) is 13.0 Å². The number of ether oxygens (including phenoxy) is 1. The third-order valence-corrected chi connectivity index (χ3v) is 5.52. The first-order chi connectivity index (χ1) is 10.2. The molecule has 0 aliphatic rings. The number of aromatic nitrogens is 2.